The average Bonchev–Trinajstić information content (AvgIpc) is 3.38. The standard InChI is InChI=1S/C19H25ClN6O5S/c1-5-10-15(20)24-16(21-10)17(27)22-11-6-7-26(8-12(11)30-3)19-23-13(18(28)29)14(32-19)9(2)25-31-4/h11-12H,5-8H2,1-4H3,(H,21,24)(H,22,27)(H,28,29)/b25-9-/t11-,12+/m1/s1. The molecule has 1 saturated heterocycles. The Morgan fingerprint density at radius 3 is 2.75 bits per heavy atom. The maximum Gasteiger partial charge on any atom is 0.356 e. The summed E-state index contributed by atoms with van der Waals surface area (Å²) < 4.78 is 5.62. The molecule has 32 heavy (non-hydrogen) atoms. The van der Waals surface area contributed by atoms with Gasteiger partial charge in [0.1, 0.15) is 7.11 Å². The number of rotatable bonds is 8. The van der Waals surface area contributed by atoms with E-state index in [9.17, 15) is 14.7 Å². The van der Waals surface area contributed by atoms with E-state index < -0.39 is 5.97 Å². The van der Waals surface area contributed by atoms with E-state index in [1.807, 2.05) is 11.8 Å². The Morgan fingerprint density at radius 1 is 1.41 bits per heavy atom. The van der Waals surface area contributed by atoms with E-state index >= 15 is 0 Å². The van der Waals surface area contributed by atoms with Gasteiger partial charge in [-0.25, -0.2) is 14.8 Å². The number of methoxy groups -OCH3 is 1. The van der Waals surface area contributed by atoms with Crippen LogP contribution in [0.25, 0.3) is 0 Å². The number of carbonyl (C=O) groups is 2. The molecule has 0 saturated carbocycles. The third-order valence-electron chi connectivity index (χ3n) is 5.12. The quantitative estimate of drug-likeness (QED) is 0.382. The lowest BCUT2D eigenvalue weighted by molar-refractivity contribution is 0.0538. The Balaban J connectivity index is 1.74. The first kappa shape index (κ1) is 24.0. The lowest BCUT2D eigenvalue weighted by Crippen LogP contribution is -2.55. The number of piperidine rings is 1. The van der Waals surface area contributed by atoms with Crippen LogP contribution in [0.1, 0.15) is 51.9 Å². The number of hydrogen-bond donors (Lipinski definition) is 3. The highest BCUT2D eigenvalue weighted by Gasteiger charge is 2.33. The fourth-order valence-electron chi connectivity index (χ4n) is 3.47. The molecule has 1 aliphatic heterocycles. The summed E-state index contributed by atoms with van der Waals surface area (Å²) in [5.41, 5.74) is 1.06. The van der Waals surface area contributed by atoms with Crippen molar-refractivity contribution in [2.24, 2.45) is 5.16 Å². The molecule has 1 fully saturated rings. The predicted octanol–water partition coefficient (Wildman–Crippen LogP) is 2.17. The maximum absolute atomic E-state index is 12.6. The molecule has 0 spiro atoms. The number of carbonyl (C=O) groups excluding carboxylic acids is 1. The van der Waals surface area contributed by atoms with Crippen LogP contribution in [-0.4, -0.2) is 77.1 Å². The summed E-state index contributed by atoms with van der Waals surface area (Å²) in [6.45, 7) is 4.56. The fourth-order valence-corrected chi connectivity index (χ4v) is 4.77. The first-order chi connectivity index (χ1) is 15.3. The molecule has 174 valence electrons. The zero-order valence-electron chi connectivity index (χ0n) is 18.1. The van der Waals surface area contributed by atoms with Crippen molar-refractivity contribution < 1.29 is 24.3 Å². The van der Waals surface area contributed by atoms with Gasteiger partial charge in [0, 0.05) is 20.2 Å². The number of anilines is 1. The van der Waals surface area contributed by atoms with Crippen LogP contribution < -0.4 is 10.2 Å². The van der Waals surface area contributed by atoms with Crippen LogP contribution in [-0.2, 0) is 16.0 Å². The molecule has 0 radical (unpaired) electrons. The highest BCUT2D eigenvalue weighted by atomic mass is 35.5. The number of H-pyrrole nitrogens is 1. The van der Waals surface area contributed by atoms with E-state index in [2.05, 4.69) is 25.4 Å². The minimum atomic E-state index is -1.14. The molecule has 2 aromatic heterocycles. The summed E-state index contributed by atoms with van der Waals surface area (Å²) in [7, 11) is 2.96. The van der Waals surface area contributed by atoms with Crippen LogP contribution in [0.5, 0.6) is 0 Å². The van der Waals surface area contributed by atoms with E-state index in [4.69, 9.17) is 21.2 Å². The number of ether oxygens (including phenoxy) is 1. The van der Waals surface area contributed by atoms with Crippen LogP contribution in [0.4, 0.5) is 5.13 Å². The Morgan fingerprint density at radius 2 is 2.16 bits per heavy atom. The van der Waals surface area contributed by atoms with Gasteiger partial charge >= 0.3 is 5.97 Å². The summed E-state index contributed by atoms with van der Waals surface area (Å²) in [5, 5.41) is 17.1. The molecule has 0 aliphatic carbocycles. The summed E-state index contributed by atoms with van der Waals surface area (Å²) >= 11 is 7.26. The Labute approximate surface area is 193 Å². The van der Waals surface area contributed by atoms with Gasteiger partial charge in [-0.1, -0.05) is 35.0 Å². The second-order valence-corrected chi connectivity index (χ2v) is 8.47. The highest BCUT2D eigenvalue weighted by molar-refractivity contribution is 7.17. The maximum atomic E-state index is 12.6. The topological polar surface area (TPSA) is 142 Å². The van der Waals surface area contributed by atoms with Gasteiger partial charge in [0.15, 0.2) is 21.8 Å². The molecule has 2 atom stereocenters. The van der Waals surface area contributed by atoms with Gasteiger partial charge < -0.3 is 29.9 Å². The second-order valence-electron chi connectivity index (χ2n) is 7.14. The first-order valence-corrected chi connectivity index (χ1v) is 11.1. The van der Waals surface area contributed by atoms with Gasteiger partial charge in [0.05, 0.1) is 28.4 Å². The van der Waals surface area contributed by atoms with Crippen molar-refractivity contribution in [3.63, 3.8) is 0 Å². The minimum absolute atomic E-state index is 0.0749. The molecular formula is C19H25ClN6O5S. The molecule has 13 heteroatoms. The average molecular weight is 485 g/mol. The number of oxime groups is 1. The SMILES string of the molecule is CCc1[nH]c(C(=O)N[C@@H]2CCN(c3nc(C(=O)O)c(/C(C)=N\OC)s3)C[C@@H]2OC)nc1Cl. The van der Waals surface area contributed by atoms with E-state index in [-0.39, 0.29) is 34.7 Å². The number of nitrogens with zero attached hydrogens (tertiary/aromatic N) is 4. The number of amides is 1. The normalized spacial score (nSPS) is 19.2. The van der Waals surface area contributed by atoms with Crippen LogP contribution >= 0.6 is 22.9 Å². The monoisotopic (exact) mass is 484 g/mol. The number of hydrogen-bond acceptors (Lipinski definition) is 9. The first-order valence-electron chi connectivity index (χ1n) is 9.94. The van der Waals surface area contributed by atoms with Crippen molar-refractivity contribution in [1.82, 2.24) is 20.3 Å². The molecule has 0 aromatic carbocycles. The van der Waals surface area contributed by atoms with Crippen LogP contribution in [0.15, 0.2) is 5.16 Å². The van der Waals surface area contributed by atoms with Gasteiger partial charge in [-0.05, 0) is 19.8 Å². The zero-order valence-corrected chi connectivity index (χ0v) is 19.7. The van der Waals surface area contributed by atoms with Crippen molar-refractivity contribution in [2.75, 3.05) is 32.2 Å². The number of aromatic amines is 1. The number of carboxylic acids is 1. The number of thiazole rings is 1. The van der Waals surface area contributed by atoms with Crippen LogP contribution in [0.2, 0.25) is 5.15 Å². The minimum Gasteiger partial charge on any atom is -0.476 e. The molecule has 0 unspecified atom stereocenters. The number of imidazole rings is 1. The number of aromatic nitrogens is 3. The predicted molar refractivity (Wildman–Crippen MR) is 120 cm³/mol. The summed E-state index contributed by atoms with van der Waals surface area (Å²) in [6.07, 6.45) is 0.876. The Bertz CT molecular complexity index is 1020. The molecule has 11 nitrogen and oxygen atoms in total. The van der Waals surface area contributed by atoms with Crippen molar-refractivity contribution in [3.05, 3.63) is 27.2 Å². The molecule has 0 bridgehead atoms. The van der Waals surface area contributed by atoms with Gasteiger partial charge in [0.2, 0.25) is 0 Å². The number of aromatic carboxylic acids is 1. The van der Waals surface area contributed by atoms with Crippen molar-refractivity contribution in [3.8, 4) is 0 Å². The van der Waals surface area contributed by atoms with Crippen LogP contribution in [0.3, 0.4) is 0 Å². The van der Waals surface area contributed by atoms with E-state index in [1.54, 1.807) is 14.0 Å². The third kappa shape index (κ3) is 5.03. The molecule has 3 heterocycles. The van der Waals surface area contributed by atoms with Gasteiger partial charge in [-0.15, -0.1) is 0 Å². The van der Waals surface area contributed by atoms with Crippen molar-refractivity contribution in [1.29, 1.82) is 0 Å². The second kappa shape index (κ2) is 10.3. The number of halogens is 1. The van der Waals surface area contributed by atoms with Crippen LogP contribution in [0, 0.1) is 0 Å². The fraction of sp³-hybridized carbons (Fsp3) is 0.526. The smallest absolute Gasteiger partial charge is 0.356 e. The Kier molecular flexibility index (Phi) is 7.69. The summed E-state index contributed by atoms with van der Waals surface area (Å²) in [6, 6.07) is -0.257. The zero-order chi connectivity index (χ0) is 23.4. The number of aryl methyl sites for hydroxylation is 1. The largest absolute Gasteiger partial charge is 0.476 e. The molecule has 3 rings (SSSR count). The molecule has 1 aliphatic rings. The lowest BCUT2D eigenvalue weighted by Gasteiger charge is -2.37. The molecular weight excluding hydrogens is 460 g/mol. The number of nitrogens with one attached hydrogen (secondary N) is 2. The van der Waals surface area contributed by atoms with Gasteiger partial charge in [-0.3, -0.25) is 4.79 Å². The molecule has 2 aromatic rings. The molecule has 3 N–H and O–H groups in total. The Hall–Kier alpha value is -2.70. The summed E-state index contributed by atoms with van der Waals surface area (Å²) in [5.74, 6) is -1.34. The van der Waals surface area contributed by atoms with E-state index in [0.29, 0.717) is 47.3 Å². The highest BCUT2D eigenvalue weighted by Crippen LogP contribution is 2.30. The molecule has 1 amide bonds. The van der Waals surface area contributed by atoms with Crippen molar-refractivity contribution >= 4 is 45.7 Å². The lowest BCUT2D eigenvalue weighted by atomic mass is 10.0. The summed E-state index contributed by atoms with van der Waals surface area (Å²) in [4.78, 5) is 42.7. The van der Waals surface area contributed by atoms with Crippen molar-refractivity contribution in [2.45, 2.75) is 38.8 Å². The van der Waals surface area contributed by atoms with E-state index in [1.165, 1.54) is 18.4 Å². The van der Waals surface area contributed by atoms with E-state index in [0.717, 1.165) is 0 Å². The van der Waals surface area contributed by atoms with Gasteiger partial charge in [0.25, 0.3) is 5.91 Å². The van der Waals surface area contributed by atoms with Gasteiger partial charge in [-0.2, -0.15) is 0 Å². The number of carboxylic acid groups (broad SMARTS) is 1. The third-order valence-corrected chi connectivity index (χ3v) is 6.66.